The van der Waals surface area contributed by atoms with E-state index in [9.17, 15) is 9.59 Å². The van der Waals surface area contributed by atoms with E-state index in [0.717, 1.165) is 0 Å². The van der Waals surface area contributed by atoms with Gasteiger partial charge >= 0.3 is 5.97 Å². The normalized spacial score (nSPS) is 11.6. The molecule has 0 amide bonds. The van der Waals surface area contributed by atoms with Gasteiger partial charge < -0.3 is 19.9 Å². The predicted octanol–water partition coefficient (Wildman–Crippen LogP) is 0.777. The highest BCUT2D eigenvalue weighted by molar-refractivity contribution is 6.04. The molecule has 0 radical (unpaired) electrons. The van der Waals surface area contributed by atoms with Crippen LogP contribution in [0.1, 0.15) is 16.8 Å². The van der Waals surface area contributed by atoms with Crippen LogP contribution < -0.4 is 15.2 Å². The van der Waals surface area contributed by atoms with Crippen molar-refractivity contribution in [3.63, 3.8) is 0 Å². The molecule has 1 aromatic carbocycles. The van der Waals surface area contributed by atoms with Crippen molar-refractivity contribution in [2.75, 3.05) is 21.3 Å². The molecule has 1 unspecified atom stereocenters. The van der Waals surface area contributed by atoms with Crippen LogP contribution in [0.3, 0.4) is 0 Å². The zero-order chi connectivity index (χ0) is 14.4. The first kappa shape index (κ1) is 15.0. The molecule has 2 N–H and O–H groups in total. The largest absolute Gasteiger partial charge is 0.497 e. The van der Waals surface area contributed by atoms with Crippen LogP contribution in [-0.2, 0) is 9.53 Å². The second-order valence-electron chi connectivity index (χ2n) is 3.82. The summed E-state index contributed by atoms with van der Waals surface area (Å²) < 4.78 is 14.6. The minimum absolute atomic E-state index is 0.185. The van der Waals surface area contributed by atoms with Gasteiger partial charge in [0.1, 0.15) is 11.5 Å². The number of carbonyl (C=O) groups is 2. The van der Waals surface area contributed by atoms with Crippen LogP contribution >= 0.6 is 0 Å². The van der Waals surface area contributed by atoms with Gasteiger partial charge in [-0.25, -0.2) is 0 Å². The fourth-order valence-corrected chi connectivity index (χ4v) is 1.56. The maximum atomic E-state index is 12.2. The lowest BCUT2D eigenvalue weighted by Gasteiger charge is -2.13. The summed E-state index contributed by atoms with van der Waals surface area (Å²) >= 11 is 0. The lowest BCUT2D eigenvalue weighted by atomic mass is 10.0. The summed E-state index contributed by atoms with van der Waals surface area (Å²) in [6.45, 7) is 0. The Hall–Kier alpha value is -2.08. The third kappa shape index (κ3) is 3.69. The molecule has 1 rings (SSSR count). The van der Waals surface area contributed by atoms with Gasteiger partial charge in [-0.15, -0.1) is 0 Å². The summed E-state index contributed by atoms with van der Waals surface area (Å²) in [5.41, 5.74) is 5.97. The summed E-state index contributed by atoms with van der Waals surface area (Å²) in [5.74, 6) is -0.0515. The molecule has 19 heavy (non-hydrogen) atoms. The molecule has 6 heteroatoms. The van der Waals surface area contributed by atoms with Crippen molar-refractivity contribution in [3.05, 3.63) is 23.8 Å². The van der Waals surface area contributed by atoms with E-state index in [0.29, 0.717) is 11.5 Å². The minimum atomic E-state index is -0.978. The molecular weight excluding hydrogens is 250 g/mol. The van der Waals surface area contributed by atoms with Crippen LogP contribution in [-0.4, -0.2) is 39.1 Å². The molecule has 0 fully saturated rings. The summed E-state index contributed by atoms with van der Waals surface area (Å²) in [4.78, 5) is 23.3. The average molecular weight is 267 g/mol. The fourth-order valence-electron chi connectivity index (χ4n) is 1.56. The van der Waals surface area contributed by atoms with E-state index in [1.165, 1.54) is 27.4 Å². The van der Waals surface area contributed by atoms with Crippen molar-refractivity contribution < 1.29 is 23.8 Å². The smallest absolute Gasteiger partial charge is 0.307 e. The molecule has 6 nitrogen and oxygen atoms in total. The molecular formula is C13H17NO5. The van der Waals surface area contributed by atoms with Crippen molar-refractivity contribution in [3.8, 4) is 11.5 Å². The van der Waals surface area contributed by atoms with Crippen LogP contribution in [0, 0.1) is 0 Å². The number of rotatable bonds is 6. The molecule has 0 bridgehead atoms. The van der Waals surface area contributed by atoms with Crippen molar-refractivity contribution in [1.29, 1.82) is 0 Å². The number of benzene rings is 1. The van der Waals surface area contributed by atoms with Gasteiger partial charge in [0.25, 0.3) is 0 Å². The highest BCUT2D eigenvalue weighted by Gasteiger charge is 2.23. The molecule has 1 aromatic rings. The molecule has 0 aliphatic heterocycles. The quantitative estimate of drug-likeness (QED) is 0.605. The molecule has 0 aromatic heterocycles. The Bertz CT molecular complexity index is 472. The standard InChI is InChI=1S/C13H17NO5/c1-17-8-4-5-11(18-2)9(6-8)13(16)10(14)7-12(15)19-3/h4-6,10H,7,14H2,1-3H3. The lowest BCUT2D eigenvalue weighted by molar-refractivity contribution is -0.140. The van der Waals surface area contributed by atoms with Gasteiger partial charge in [0.05, 0.1) is 39.4 Å². The third-order valence-electron chi connectivity index (χ3n) is 2.62. The van der Waals surface area contributed by atoms with E-state index < -0.39 is 17.8 Å². The number of ether oxygens (including phenoxy) is 3. The number of esters is 1. The Morgan fingerprint density at radius 3 is 2.42 bits per heavy atom. The maximum Gasteiger partial charge on any atom is 0.307 e. The molecule has 0 heterocycles. The Morgan fingerprint density at radius 1 is 1.21 bits per heavy atom. The summed E-state index contributed by atoms with van der Waals surface area (Å²) in [7, 11) is 4.18. The van der Waals surface area contributed by atoms with E-state index >= 15 is 0 Å². The summed E-state index contributed by atoms with van der Waals surface area (Å²) in [6, 6.07) is 3.82. The van der Waals surface area contributed by atoms with Crippen molar-refractivity contribution in [2.45, 2.75) is 12.5 Å². The molecule has 104 valence electrons. The highest BCUT2D eigenvalue weighted by atomic mass is 16.5. The van der Waals surface area contributed by atoms with Crippen molar-refractivity contribution in [2.24, 2.45) is 5.73 Å². The number of methoxy groups -OCH3 is 3. The van der Waals surface area contributed by atoms with Gasteiger partial charge in [-0.2, -0.15) is 0 Å². The number of hydrogen-bond donors (Lipinski definition) is 1. The molecule has 0 saturated carbocycles. The van der Waals surface area contributed by atoms with E-state index in [2.05, 4.69) is 4.74 Å². The predicted molar refractivity (Wildman–Crippen MR) is 68.5 cm³/mol. The highest BCUT2D eigenvalue weighted by Crippen LogP contribution is 2.25. The van der Waals surface area contributed by atoms with Crippen LogP contribution in [0.2, 0.25) is 0 Å². The van der Waals surface area contributed by atoms with Crippen LogP contribution in [0.4, 0.5) is 0 Å². The second-order valence-corrected chi connectivity index (χ2v) is 3.82. The first-order valence-electron chi connectivity index (χ1n) is 5.62. The number of ketones is 1. The zero-order valence-corrected chi connectivity index (χ0v) is 11.1. The van der Waals surface area contributed by atoms with E-state index in [-0.39, 0.29) is 12.0 Å². The first-order valence-corrected chi connectivity index (χ1v) is 5.62. The number of Topliss-reactive ketones (excluding diaryl/α,β-unsaturated/α-hetero) is 1. The van der Waals surface area contributed by atoms with Crippen molar-refractivity contribution in [1.82, 2.24) is 0 Å². The topological polar surface area (TPSA) is 87.9 Å². The minimum Gasteiger partial charge on any atom is -0.497 e. The number of carbonyl (C=O) groups excluding carboxylic acids is 2. The molecule has 0 saturated heterocycles. The third-order valence-corrected chi connectivity index (χ3v) is 2.62. The Labute approximate surface area is 111 Å². The van der Waals surface area contributed by atoms with Crippen LogP contribution in [0.5, 0.6) is 11.5 Å². The van der Waals surface area contributed by atoms with E-state index in [1.807, 2.05) is 0 Å². The van der Waals surface area contributed by atoms with Gasteiger partial charge in [-0.3, -0.25) is 9.59 Å². The lowest BCUT2D eigenvalue weighted by Crippen LogP contribution is -2.33. The van der Waals surface area contributed by atoms with Crippen LogP contribution in [0.25, 0.3) is 0 Å². The number of nitrogens with two attached hydrogens (primary N) is 1. The number of hydrogen-bond acceptors (Lipinski definition) is 6. The van der Waals surface area contributed by atoms with Crippen molar-refractivity contribution >= 4 is 11.8 Å². The zero-order valence-electron chi connectivity index (χ0n) is 11.1. The fraction of sp³-hybridized carbons (Fsp3) is 0.385. The van der Waals surface area contributed by atoms with Crippen LogP contribution in [0.15, 0.2) is 18.2 Å². The maximum absolute atomic E-state index is 12.2. The molecule has 0 aliphatic carbocycles. The van der Waals surface area contributed by atoms with Gasteiger partial charge in [-0.05, 0) is 18.2 Å². The Morgan fingerprint density at radius 2 is 1.89 bits per heavy atom. The van der Waals surface area contributed by atoms with Gasteiger partial charge in [-0.1, -0.05) is 0 Å². The summed E-state index contributed by atoms with van der Waals surface area (Å²) in [6.07, 6.45) is -0.185. The Balaban J connectivity index is 2.99. The van der Waals surface area contributed by atoms with Gasteiger partial charge in [0.2, 0.25) is 0 Å². The molecule has 1 atom stereocenters. The second kappa shape index (κ2) is 6.75. The first-order chi connectivity index (χ1) is 9.03. The SMILES string of the molecule is COC(=O)CC(N)C(=O)c1cc(OC)ccc1OC. The van der Waals surface area contributed by atoms with Gasteiger partial charge in [0, 0.05) is 0 Å². The van der Waals surface area contributed by atoms with E-state index in [4.69, 9.17) is 15.2 Å². The summed E-state index contributed by atoms with van der Waals surface area (Å²) in [5, 5.41) is 0. The Kier molecular flexibility index (Phi) is 5.32. The van der Waals surface area contributed by atoms with E-state index in [1.54, 1.807) is 12.1 Å². The van der Waals surface area contributed by atoms with Gasteiger partial charge in [0.15, 0.2) is 5.78 Å². The molecule has 0 aliphatic rings. The monoisotopic (exact) mass is 267 g/mol. The molecule has 0 spiro atoms. The average Bonchev–Trinajstić information content (AvgIpc) is 2.45.